The van der Waals surface area contributed by atoms with Gasteiger partial charge >= 0.3 is 0 Å². The summed E-state index contributed by atoms with van der Waals surface area (Å²) in [6.07, 6.45) is 0.294. The van der Waals surface area contributed by atoms with E-state index < -0.39 is 28.5 Å². The molecular weight excluding hydrogens is 573 g/mol. The Morgan fingerprint density at radius 3 is 2.30 bits per heavy atom. The normalized spacial score (nSPS) is 11.9. The second-order valence-electron chi connectivity index (χ2n) is 9.08. The van der Waals surface area contributed by atoms with Crippen molar-refractivity contribution >= 4 is 50.7 Å². The van der Waals surface area contributed by atoms with Crippen molar-refractivity contribution < 1.29 is 22.7 Å². The SMILES string of the molecule is CCNC(=O)[C@@H](CC)N(Cc1ccc(Cl)cc1Cl)C(=O)CN(c1cc(C)ccc1OC)S(=O)(=O)c1ccccc1. The van der Waals surface area contributed by atoms with Gasteiger partial charge in [-0.05, 0) is 67.8 Å². The molecule has 0 radical (unpaired) electrons. The average Bonchev–Trinajstić information content (AvgIpc) is 2.93. The number of benzene rings is 3. The molecule has 3 rings (SSSR count). The summed E-state index contributed by atoms with van der Waals surface area (Å²) in [5, 5.41) is 3.52. The highest BCUT2D eigenvalue weighted by Gasteiger charge is 2.35. The number of halogens is 2. The smallest absolute Gasteiger partial charge is 0.264 e. The molecule has 8 nitrogen and oxygen atoms in total. The number of likely N-dealkylation sites (N-methyl/N-ethyl adjacent to an activating group) is 1. The fourth-order valence-corrected chi connectivity index (χ4v) is 6.18. The number of carbonyl (C=O) groups is 2. The van der Waals surface area contributed by atoms with Crippen molar-refractivity contribution in [2.24, 2.45) is 0 Å². The van der Waals surface area contributed by atoms with Gasteiger partial charge in [0, 0.05) is 23.1 Å². The van der Waals surface area contributed by atoms with Gasteiger partial charge in [0.15, 0.2) is 0 Å². The van der Waals surface area contributed by atoms with Crippen molar-refractivity contribution in [3.63, 3.8) is 0 Å². The maximum Gasteiger partial charge on any atom is 0.264 e. The zero-order valence-electron chi connectivity index (χ0n) is 22.9. The van der Waals surface area contributed by atoms with Gasteiger partial charge in [-0.2, -0.15) is 0 Å². The monoisotopic (exact) mass is 605 g/mol. The number of nitrogens with zero attached hydrogens (tertiary/aromatic N) is 2. The lowest BCUT2D eigenvalue weighted by molar-refractivity contribution is -0.140. The van der Waals surface area contributed by atoms with E-state index in [4.69, 9.17) is 27.9 Å². The third-order valence-corrected chi connectivity index (χ3v) is 8.67. The van der Waals surface area contributed by atoms with Crippen molar-refractivity contribution in [1.29, 1.82) is 0 Å². The van der Waals surface area contributed by atoms with Crippen LogP contribution in [0.15, 0.2) is 71.6 Å². The molecule has 0 bridgehead atoms. The van der Waals surface area contributed by atoms with Gasteiger partial charge in [-0.1, -0.05) is 60.5 Å². The molecule has 0 heterocycles. The van der Waals surface area contributed by atoms with Crippen molar-refractivity contribution in [2.75, 3.05) is 24.5 Å². The van der Waals surface area contributed by atoms with Gasteiger partial charge in [-0.3, -0.25) is 13.9 Å². The second-order valence-corrected chi connectivity index (χ2v) is 11.8. The molecule has 0 aliphatic rings. The molecule has 40 heavy (non-hydrogen) atoms. The number of amides is 2. The number of aryl methyl sites for hydroxylation is 1. The van der Waals surface area contributed by atoms with Crippen LogP contribution < -0.4 is 14.4 Å². The number of ether oxygens (including phenoxy) is 1. The summed E-state index contributed by atoms with van der Waals surface area (Å²) in [5.74, 6) is -0.665. The minimum absolute atomic E-state index is 0.00872. The van der Waals surface area contributed by atoms with E-state index in [0.717, 1.165) is 9.87 Å². The first-order chi connectivity index (χ1) is 19.0. The quantitative estimate of drug-likeness (QED) is 0.296. The van der Waals surface area contributed by atoms with E-state index in [1.807, 2.05) is 6.92 Å². The number of hydrogen-bond donors (Lipinski definition) is 1. The summed E-state index contributed by atoms with van der Waals surface area (Å²) in [6.45, 7) is 5.13. The van der Waals surface area contributed by atoms with Crippen LogP contribution in [0.2, 0.25) is 10.0 Å². The Hall–Kier alpha value is -3.27. The van der Waals surface area contributed by atoms with Gasteiger partial charge in [0.1, 0.15) is 18.3 Å². The predicted molar refractivity (Wildman–Crippen MR) is 158 cm³/mol. The number of nitrogens with one attached hydrogen (secondary N) is 1. The first-order valence-corrected chi connectivity index (χ1v) is 15.0. The van der Waals surface area contributed by atoms with E-state index in [1.165, 1.54) is 24.1 Å². The Labute approximate surface area is 245 Å². The van der Waals surface area contributed by atoms with E-state index in [2.05, 4.69) is 5.32 Å². The van der Waals surface area contributed by atoms with E-state index in [-0.39, 0.29) is 28.8 Å². The van der Waals surface area contributed by atoms with Crippen molar-refractivity contribution in [1.82, 2.24) is 10.2 Å². The molecule has 2 amide bonds. The maximum absolute atomic E-state index is 14.1. The standard InChI is InChI=1S/C29H33Cl2N3O5S/c1-5-25(29(36)32-6-2)33(18-21-13-14-22(30)17-24(21)31)28(35)19-34(26-16-20(3)12-15-27(26)39-4)40(37,38)23-10-8-7-9-11-23/h7-17,25H,5-6,18-19H2,1-4H3,(H,32,36)/t25-/m1/s1. The third kappa shape index (κ3) is 7.27. The molecule has 3 aromatic carbocycles. The van der Waals surface area contributed by atoms with Crippen LogP contribution in [0.25, 0.3) is 0 Å². The maximum atomic E-state index is 14.1. The Balaban J connectivity index is 2.14. The van der Waals surface area contributed by atoms with Crippen molar-refractivity contribution in [3.8, 4) is 5.75 Å². The number of methoxy groups -OCH3 is 1. The summed E-state index contributed by atoms with van der Waals surface area (Å²) >= 11 is 12.5. The lowest BCUT2D eigenvalue weighted by atomic mass is 10.1. The number of rotatable bonds is 12. The first kappa shape index (κ1) is 31.3. The molecule has 3 aromatic rings. The zero-order chi connectivity index (χ0) is 29.4. The lowest BCUT2D eigenvalue weighted by Crippen LogP contribution is -2.52. The zero-order valence-corrected chi connectivity index (χ0v) is 25.2. The highest BCUT2D eigenvalue weighted by molar-refractivity contribution is 7.92. The largest absolute Gasteiger partial charge is 0.495 e. The number of anilines is 1. The van der Waals surface area contributed by atoms with Gasteiger partial charge in [0.05, 0.1) is 17.7 Å². The van der Waals surface area contributed by atoms with Gasteiger partial charge in [0.2, 0.25) is 11.8 Å². The Kier molecular flexibility index (Phi) is 10.8. The Bertz CT molecular complexity index is 1450. The van der Waals surface area contributed by atoms with Crippen LogP contribution in [0.4, 0.5) is 5.69 Å². The minimum atomic E-state index is -4.22. The summed E-state index contributed by atoms with van der Waals surface area (Å²) < 4.78 is 34.5. The highest BCUT2D eigenvalue weighted by atomic mass is 35.5. The van der Waals surface area contributed by atoms with Gasteiger partial charge in [-0.25, -0.2) is 8.42 Å². The molecule has 214 valence electrons. The Morgan fingerprint density at radius 1 is 1.00 bits per heavy atom. The summed E-state index contributed by atoms with van der Waals surface area (Å²) in [7, 11) is -2.79. The Morgan fingerprint density at radius 2 is 1.70 bits per heavy atom. The third-order valence-electron chi connectivity index (χ3n) is 6.31. The summed E-state index contributed by atoms with van der Waals surface area (Å²) in [6, 6.07) is 16.9. The van der Waals surface area contributed by atoms with Gasteiger partial charge < -0.3 is 15.0 Å². The fourth-order valence-electron chi connectivity index (χ4n) is 4.27. The molecule has 11 heteroatoms. The average molecular weight is 607 g/mol. The molecule has 0 fully saturated rings. The minimum Gasteiger partial charge on any atom is -0.495 e. The van der Waals surface area contributed by atoms with Crippen LogP contribution in [0.3, 0.4) is 0 Å². The molecule has 0 aliphatic heterocycles. The highest BCUT2D eigenvalue weighted by Crippen LogP contribution is 2.34. The van der Waals surface area contributed by atoms with E-state index in [1.54, 1.807) is 68.4 Å². The predicted octanol–water partition coefficient (Wildman–Crippen LogP) is 5.45. The van der Waals surface area contributed by atoms with Crippen LogP contribution in [-0.4, -0.2) is 51.4 Å². The topological polar surface area (TPSA) is 96.0 Å². The molecule has 1 N–H and O–H groups in total. The molecule has 0 saturated heterocycles. The molecule has 1 atom stereocenters. The number of sulfonamides is 1. The van der Waals surface area contributed by atoms with Crippen LogP contribution in [0, 0.1) is 6.92 Å². The molecule has 0 aliphatic carbocycles. The van der Waals surface area contributed by atoms with E-state index in [9.17, 15) is 18.0 Å². The molecule has 0 spiro atoms. The first-order valence-electron chi connectivity index (χ1n) is 12.8. The van der Waals surface area contributed by atoms with Crippen LogP contribution in [0.5, 0.6) is 5.75 Å². The van der Waals surface area contributed by atoms with Crippen LogP contribution >= 0.6 is 23.2 Å². The molecule has 0 aromatic heterocycles. The molecule has 0 unspecified atom stereocenters. The van der Waals surface area contributed by atoms with Crippen molar-refractivity contribution in [3.05, 3.63) is 87.9 Å². The van der Waals surface area contributed by atoms with Gasteiger partial charge in [-0.15, -0.1) is 0 Å². The van der Waals surface area contributed by atoms with Crippen LogP contribution in [-0.2, 0) is 26.2 Å². The van der Waals surface area contributed by atoms with Gasteiger partial charge in [0.25, 0.3) is 10.0 Å². The summed E-state index contributed by atoms with van der Waals surface area (Å²) in [4.78, 5) is 28.5. The fraction of sp³-hybridized carbons (Fsp3) is 0.310. The van der Waals surface area contributed by atoms with E-state index >= 15 is 0 Å². The number of hydrogen-bond acceptors (Lipinski definition) is 5. The summed E-state index contributed by atoms with van der Waals surface area (Å²) in [5.41, 5.74) is 1.54. The molecular formula is C29H33Cl2N3O5S. The van der Waals surface area contributed by atoms with Crippen molar-refractivity contribution in [2.45, 2.75) is 44.7 Å². The molecule has 0 saturated carbocycles. The number of carbonyl (C=O) groups excluding carboxylic acids is 2. The second kappa shape index (κ2) is 13.9. The lowest BCUT2D eigenvalue weighted by Gasteiger charge is -2.33. The van der Waals surface area contributed by atoms with Crippen LogP contribution in [0.1, 0.15) is 31.4 Å². The van der Waals surface area contributed by atoms with E-state index in [0.29, 0.717) is 28.6 Å².